The number of ketones is 1. The van der Waals surface area contributed by atoms with Gasteiger partial charge < -0.3 is 0 Å². The molecule has 170 valence electrons. The minimum absolute atomic E-state index is 0.134. The molecular formula is C30H25Cl2NO. The maximum absolute atomic E-state index is 10.3. The van der Waals surface area contributed by atoms with Crippen molar-refractivity contribution < 1.29 is 4.79 Å². The van der Waals surface area contributed by atoms with Crippen molar-refractivity contribution in [2.24, 2.45) is 4.99 Å². The van der Waals surface area contributed by atoms with Crippen molar-refractivity contribution >= 4 is 56.7 Å². The first-order chi connectivity index (χ1) is 16.6. The van der Waals surface area contributed by atoms with Crippen LogP contribution in [0.2, 0.25) is 10.0 Å². The molecule has 2 aliphatic rings. The van der Waals surface area contributed by atoms with E-state index >= 15 is 0 Å². The van der Waals surface area contributed by atoms with E-state index < -0.39 is 0 Å². The van der Waals surface area contributed by atoms with Gasteiger partial charge >= 0.3 is 0 Å². The molecule has 0 spiro atoms. The molecule has 1 heterocycles. The zero-order chi connectivity index (χ0) is 23.5. The first kappa shape index (κ1) is 22.8. The SMILES string of the molecule is Clc1cccc(Cl)c1Cc1cccc2c1ccc1c3c(ccc12)CCCC3.O=C1C=CN=CC1. The molecule has 4 aromatic rings. The molecule has 0 saturated carbocycles. The average molecular weight is 486 g/mol. The number of benzene rings is 4. The summed E-state index contributed by atoms with van der Waals surface area (Å²) in [6, 6.07) is 21.6. The normalized spacial score (nSPS) is 14.7. The van der Waals surface area contributed by atoms with Crippen molar-refractivity contribution in [2.75, 3.05) is 0 Å². The van der Waals surface area contributed by atoms with Gasteiger partial charge in [0.2, 0.25) is 0 Å². The minimum atomic E-state index is 0.134. The van der Waals surface area contributed by atoms with E-state index in [-0.39, 0.29) is 5.78 Å². The number of hydrogen-bond acceptors (Lipinski definition) is 2. The summed E-state index contributed by atoms with van der Waals surface area (Å²) >= 11 is 12.8. The quantitative estimate of drug-likeness (QED) is 0.262. The van der Waals surface area contributed by atoms with E-state index in [1.54, 1.807) is 11.8 Å². The molecule has 0 saturated heterocycles. The molecule has 0 aromatic heterocycles. The molecule has 1 aliphatic heterocycles. The maximum Gasteiger partial charge on any atom is 0.162 e. The zero-order valence-corrected chi connectivity index (χ0v) is 20.4. The molecule has 4 aromatic carbocycles. The Bertz CT molecular complexity index is 1430. The van der Waals surface area contributed by atoms with Crippen LogP contribution in [0.4, 0.5) is 0 Å². The maximum atomic E-state index is 10.3. The molecule has 0 fully saturated rings. The molecule has 4 heteroatoms. The summed E-state index contributed by atoms with van der Waals surface area (Å²) in [4.78, 5) is 14.0. The van der Waals surface area contributed by atoms with Crippen molar-refractivity contribution in [2.45, 2.75) is 38.5 Å². The lowest BCUT2D eigenvalue weighted by Gasteiger charge is -2.19. The van der Waals surface area contributed by atoms with Gasteiger partial charge in [-0.15, -0.1) is 0 Å². The van der Waals surface area contributed by atoms with Crippen LogP contribution in [0.3, 0.4) is 0 Å². The Balaban J connectivity index is 0.000000297. The number of rotatable bonds is 2. The fraction of sp³-hybridized carbons (Fsp3) is 0.200. The Kier molecular flexibility index (Phi) is 6.80. The number of nitrogens with zero attached hydrogens (tertiary/aromatic N) is 1. The van der Waals surface area contributed by atoms with Crippen LogP contribution >= 0.6 is 23.2 Å². The van der Waals surface area contributed by atoms with Crippen LogP contribution in [0, 0.1) is 0 Å². The monoisotopic (exact) mass is 485 g/mol. The van der Waals surface area contributed by atoms with E-state index in [0.717, 1.165) is 22.0 Å². The molecule has 0 N–H and O–H groups in total. The molecule has 6 rings (SSSR count). The lowest BCUT2D eigenvalue weighted by Crippen LogP contribution is -2.03. The van der Waals surface area contributed by atoms with Crippen molar-refractivity contribution in [3.8, 4) is 0 Å². The summed E-state index contributed by atoms with van der Waals surface area (Å²) in [5, 5.41) is 6.86. The Morgan fingerprint density at radius 1 is 0.765 bits per heavy atom. The van der Waals surface area contributed by atoms with E-state index in [9.17, 15) is 4.79 Å². The Hall–Kier alpha value is -2.94. The van der Waals surface area contributed by atoms with Crippen LogP contribution in [0.1, 0.15) is 41.5 Å². The van der Waals surface area contributed by atoms with Crippen molar-refractivity contribution in [3.05, 3.63) is 105 Å². The van der Waals surface area contributed by atoms with Gasteiger partial charge in [0, 0.05) is 35.3 Å². The summed E-state index contributed by atoms with van der Waals surface area (Å²) in [5.41, 5.74) is 5.35. The molecule has 1 aliphatic carbocycles. The number of aliphatic imine (C=N–C) groups is 1. The van der Waals surface area contributed by atoms with E-state index in [2.05, 4.69) is 47.5 Å². The Morgan fingerprint density at radius 3 is 2.21 bits per heavy atom. The number of fused-ring (bicyclic) bond motifs is 5. The predicted molar refractivity (Wildman–Crippen MR) is 145 cm³/mol. The molecular weight excluding hydrogens is 461 g/mol. The highest BCUT2D eigenvalue weighted by Crippen LogP contribution is 2.36. The molecule has 0 unspecified atom stereocenters. The van der Waals surface area contributed by atoms with Gasteiger partial charge in [-0.1, -0.05) is 71.7 Å². The second-order valence-electron chi connectivity index (χ2n) is 8.78. The van der Waals surface area contributed by atoms with Crippen LogP contribution in [-0.2, 0) is 24.1 Å². The summed E-state index contributed by atoms with van der Waals surface area (Å²) in [7, 11) is 0. The fourth-order valence-electron chi connectivity index (χ4n) is 4.94. The predicted octanol–water partition coefficient (Wildman–Crippen LogP) is 8.31. The van der Waals surface area contributed by atoms with Crippen LogP contribution < -0.4 is 0 Å². The van der Waals surface area contributed by atoms with Gasteiger partial charge in [-0.25, -0.2) is 0 Å². The van der Waals surface area contributed by atoms with Gasteiger partial charge in [0.05, 0.1) is 0 Å². The standard InChI is InChI=1S/C25H20Cl2.C5H5NO/c26-24-9-4-10-25(27)23(24)15-17-6-3-8-20-19(17)13-14-21-18-7-2-1-5-16(18)11-12-22(20)21;7-5-1-3-6-4-2-5/h3-4,6,8-14H,1-2,5,7,15H2;1,3-4H,2H2. The van der Waals surface area contributed by atoms with E-state index in [4.69, 9.17) is 23.2 Å². The smallest absolute Gasteiger partial charge is 0.162 e. The number of carbonyl (C=O) groups is 1. The minimum Gasteiger partial charge on any atom is -0.294 e. The highest BCUT2D eigenvalue weighted by molar-refractivity contribution is 6.36. The number of allylic oxidation sites excluding steroid dienone is 1. The van der Waals surface area contributed by atoms with E-state index in [0.29, 0.717) is 6.42 Å². The van der Waals surface area contributed by atoms with E-state index in [1.165, 1.54) is 70.6 Å². The van der Waals surface area contributed by atoms with Crippen LogP contribution in [0.5, 0.6) is 0 Å². The third-order valence-corrected chi connectivity index (χ3v) is 7.36. The molecule has 0 atom stereocenters. The molecule has 2 nitrogen and oxygen atoms in total. The largest absolute Gasteiger partial charge is 0.294 e. The lowest BCUT2D eigenvalue weighted by molar-refractivity contribution is -0.113. The van der Waals surface area contributed by atoms with Gasteiger partial charge in [-0.3, -0.25) is 9.79 Å². The molecule has 0 bridgehead atoms. The number of aryl methyl sites for hydroxylation is 2. The molecule has 0 radical (unpaired) electrons. The number of halogens is 2. The first-order valence-corrected chi connectivity index (χ1v) is 12.5. The number of carbonyl (C=O) groups excluding carboxylic acids is 1. The average Bonchev–Trinajstić information content (AvgIpc) is 2.87. The van der Waals surface area contributed by atoms with E-state index in [1.807, 2.05) is 18.2 Å². The van der Waals surface area contributed by atoms with Gasteiger partial charge in [0.25, 0.3) is 0 Å². The second kappa shape index (κ2) is 10.1. The van der Waals surface area contributed by atoms with Gasteiger partial charge in [0.15, 0.2) is 5.78 Å². The van der Waals surface area contributed by atoms with Gasteiger partial charge in [-0.2, -0.15) is 0 Å². The highest BCUT2D eigenvalue weighted by atomic mass is 35.5. The fourth-order valence-corrected chi connectivity index (χ4v) is 5.47. The van der Waals surface area contributed by atoms with Crippen molar-refractivity contribution in [1.82, 2.24) is 0 Å². The van der Waals surface area contributed by atoms with Gasteiger partial charge in [-0.05, 0) is 87.7 Å². The third-order valence-electron chi connectivity index (χ3n) is 6.65. The Labute approximate surface area is 209 Å². The summed E-state index contributed by atoms with van der Waals surface area (Å²) < 4.78 is 0. The van der Waals surface area contributed by atoms with Crippen LogP contribution in [0.15, 0.2) is 77.9 Å². The summed E-state index contributed by atoms with van der Waals surface area (Å²) in [6.07, 6.45) is 10.8. The molecule has 34 heavy (non-hydrogen) atoms. The van der Waals surface area contributed by atoms with Crippen LogP contribution in [-0.4, -0.2) is 12.0 Å². The van der Waals surface area contributed by atoms with Crippen molar-refractivity contribution in [1.29, 1.82) is 0 Å². The first-order valence-electron chi connectivity index (χ1n) is 11.7. The summed E-state index contributed by atoms with van der Waals surface area (Å²) in [5.74, 6) is 0.134. The van der Waals surface area contributed by atoms with Crippen molar-refractivity contribution in [3.63, 3.8) is 0 Å². The summed E-state index contributed by atoms with van der Waals surface area (Å²) in [6.45, 7) is 0. The number of hydrogen-bond donors (Lipinski definition) is 0. The third kappa shape index (κ3) is 4.66. The second-order valence-corrected chi connectivity index (χ2v) is 9.59. The topological polar surface area (TPSA) is 29.4 Å². The zero-order valence-electron chi connectivity index (χ0n) is 18.9. The van der Waals surface area contributed by atoms with Gasteiger partial charge in [0.1, 0.15) is 0 Å². The van der Waals surface area contributed by atoms with Crippen LogP contribution in [0.25, 0.3) is 21.5 Å². The molecule has 0 amide bonds. The Morgan fingerprint density at radius 2 is 1.47 bits per heavy atom. The lowest BCUT2D eigenvalue weighted by atomic mass is 9.86. The highest BCUT2D eigenvalue weighted by Gasteiger charge is 2.15.